The first-order valence-corrected chi connectivity index (χ1v) is 10.2. The number of piperazine rings is 1. The Labute approximate surface area is 183 Å². The van der Waals surface area contributed by atoms with Gasteiger partial charge in [0, 0.05) is 54.5 Å². The Bertz CT molecular complexity index is 1080. The largest absolute Gasteiger partial charge is 0.419 e. The van der Waals surface area contributed by atoms with Crippen molar-refractivity contribution in [2.45, 2.75) is 13.0 Å². The third-order valence-electron chi connectivity index (χ3n) is 5.36. The summed E-state index contributed by atoms with van der Waals surface area (Å²) in [6.45, 7) is 4.51. The maximum absolute atomic E-state index is 12.7. The average Bonchev–Trinajstić information content (AvgIpc) is 3.29. The number of rotatable bonds is 5. The van der Waals surface area contributed by atoms with Crippen LogP contribution in [0.2, 0.25) is 5.02 Å². The molecular weight excluding hydrogens is 422 g/mol. The second kappa shape index (κ2) is 8.83. The first-order valence-electron chi connectivity index (χ1n) is 9.79. The van der Waals surface area contributed by atoms with Gasteiger partial charge in [0.25, 0.3) is 11.6 Å². The van der Waals surface area contributed by atoms with Gasteiger partial charge in [-0.05, 0) is 43.3 Å². The van der Waals surface area contributed by atoms with Gasteiger partial charge >= 0.3 is 0 Å². The molecule has 10 heteroatoms. The van der Waals surface area contributed by atoms with Crippen LogP contribution >= 0.6 is 11.6 Å². The predicted octanol–water partition coefficient (Wildman–Crippen LogP) is 3.82. The molecule has 3 aromatic rings. The maximum atomic E-state index is 12.7. The molecule has 0 bridgehead atoms. The molecule has 1 saturated heterocycles. The van der Waals surface area contributed by atoms with Gasteiger partial charge in [-0.15, -0.1) is 10.2 Å². The van der Waals surface area contributed by atoms with Crippen LogP contribution in [0, 0.1) is 10.1 Å². The fraction of sp³-hybridized carbons (Fsp3) is 0.286. The zero-order chi connectivity index (χ0) is 22.0. The van der Waals surface area contributed by atoms with E-state index in [0.29, 0.717) is 54.1 Å². The van der Waals surface area contributed by atoms with Crippen LogP contribution in [0.5, 0.6) is 0 Å². The van der Waals surface area contributed by atoms with Gasteiger partial charge in [0.05, 0.1) is 11.0 Å². The Morgan fingerprint density at radius 3 is 2.32 bits per heavy atom. The third-order valence-corrected chi connectivity index (χ3v) is 5.62. The second-order valence-corrected chi connectivity index (χ2v) is 7.70. The molecule has 9 nitrogen and oxygen atoms in total. The van der Waals surface area contributed by atoms with Gasteiger partial charge in [-0.25, -0.2) is 0 Å². The number of aromatic nitrogens is 2. The van der Waals surface area contributed by atoms with E-state index in [1.165, 1.54) is 12.1 Å². The summed E-state index contributed by atoms with van der Waals surface area (Å²) in [5.74, 6) is 0.765. The second-order valence-electron chi connectivity index (χ2n) is 7.26. The number of carbonyl (C=O) groups excluding carboxylic acids is 1. The van der Waals surface area contributed by atoms with Crippen molar-refractivity contribution in [2.75, 3.05) is 26.2 Å². The van der Waals surface area contributed by atoms with Crippen LogP contribution in [-0.4, -0.2) is 57.0 Å². The topological polar surface area (TPSA) is 106 Å². The number of hydrogen-bond acceptors (Lipinski definition) is 7. The standard InChI is InChI=1S/C21H20ClN5O4/c1-14(19-23-24-20(31-19)15-4-8-18(9-5-15)27(29)30)25-10-12-26(13-11-25)21(28)16-2-6-17(22)7-3-16/h2-9,14H,10-13H2,1H3. The van der Waals surface area contributed by atoms with Crippen LogP contribution in [0.1, 0.15) is 29.2 Å². The molecule has 1 atom stereocenters. The third kappa shape index (κ3) is 4.57. The lowest BCUT2D eigenvalue weighted by Crippen LogP contribution is -2.49. The Morgan fingerprint density at radius 1 is 1.06 bits per heavy atom. The van der Waals surface area contributed by atoms with Gasteiger partial charge in [-0.2, -0.15) is 0 Å². The van der Waals surface area contributed by atoms with Crippen LogP contribution in [0.15, 0.2) is 52.9 Å². The van der Waals surface area contributed by atoms with Gasteiger partial charge in [-0.1, -0.05) is 11.6 Å². The van der Waals surface area contributed by atoms with Crippen molar-refractivity contribution in [1.82, 2.24) is 20.0 Å². The Morgan fingerprint density at radius 2 is 1.71 bits per heavy atom. The molecule has 31 heavy (non-hydrogen) atoms. The highest BCUT2D eigenvalue weighted by molar-refractivity contribution is 6.30. The molecule has 2 aromatic carbocycles. The lowest BCUT2D eigenvalue weighted by molar-refractivity contribution is -0.384. The molecule has 0 N–H and O–H groups in total. The van der Waals surface area contributed by atoms with Crippen LogP contribution in [0.4, 0.5) is 5.69 Å². The van der Waals surface area contributed by atoms with Crippen LogP contribution in [0.25, 0.3) is 11.5 Å². The number of carbonyl (C=O) groups is 1. The number of nitro groups is 1. The number of amides is 1. The summed E-state index contributed by atoms with van der Waals surface area (Å²) in [5, 5.41) is 19.6. The number of non-ortho nitro benzene ring substituents is 1. The normalized spacial score (nSPS) is 15.6. The van der Waals surface area contributed by atoms with E-state index in [1.807, 2.05) is 11.8 Å². The predicted molar refractivity (Wildman–Crippen MR) is 114 cm³/mol. The highest BCUT2D eigenvalue weighted by atomic mass is 35.5. The van der Waals surface area contributed by atoms with E-state index in [4.69, 9.17) is 16.0 Å². The monoisotopic (exact) mass is 441 g/mol. The molecule has 1 aliphatic rings. The highest BCUT2D eigenvalue weighted by Gasteiger charge is 2.28. The van der Waals surface area contributed by atoms with E-state index in [-0.39, 0.29) is 17.6 Å². The Kier molecular flexibility index (Phi) is 5.97. The molecule has 1 fully saturated rings. The van der Waals surface area contributed by atoms with Crippen molar-refractivity contribution in [3.8, 4) is 11.5 Å². The van der Waals surface area contributed by atoms with E-state index in [1.54, 1.807) is 36.4 Å². The summed E-state index contributed by atoms with van der Waals surface area (Å²) in [6.07, 6.45) is 0. The lowest BCUT2D eigenvalue weighted by Gasteiger charge is -2.36. The zero-order valence-electron chi connectivity index (χ0n) is 16.8. The number of hydrogen-bond donors (Lipinski definition) is 0. The molecule has 160 valence electrons. The quantitative estimate of drug-likeness (QED) is 0.437. The fourth-order valence-corrected chi connectivity index (χ4v) is 3.62. The minimum absolute atomic E-state index is 0.00266. The number of benzene rings is 2. The summed E-state index contributed by atoms with van der Waals surface area (Å²) in [4.78, 5) is 27.0. The van der Waals surface area contributed by atoms with E-state index in [2.05, 4.69) is 15.1 Å². The van der Waals surface area contributed by atoms with Crippen molar-refractivity contribution < 1.29 is 14.1 Å². The first-order chi connectivity index (χ1) is 14.9. The van der Waals surface area contributed by atoms with Crippen molar-refractivity contribution in [3.63, 3.8) is 0 Å². The molecule has 0 spiro atoms. The summed E-state index contributed by atoms with van der Waals surface area (Å²) in [6, 6.07) is 12.8. The molecule has 1 aliphatic heterocycles. The zero-order valence-corrected chi connectivity index (χ0v) is 17.5. The number of halogens is 1. The van der Waals surface area contributed by atoms with Crippen LogP contribution in [-0.2, 0) is 0 Å². The molecule has 2 heterocycles. The lowest BCUT2D eigenvalue weighted by atomic mass is 10.1. The van der Waals surface area contributed by atoms with Crippen LogP contribution in [0.3, 0.4) is 0 Å². The molecule has 0 radical (unpaired) electrons. The Balaban J connectivity index is 1.37. The number of nitro benzene ring substituents is 1. The fourth-order valence-electron chi connectivity index (χ4n) is 3.49. The minimum Gasteiger partial charge on any atom is -0.419 e. The molecule has 4 rings (SSSR count). The summed E-state index contributed by atoms with van der Waals surface area (Å²) in [5.41, 5.74) is 1.24. The summed E-state index contributed by atoms with van der Waals surface area (Å²) >= 11 is 5.90. The Hall–Kier alpha value is -3.30. The van der Waals surface area contributed by atoms with Gasteiger partial charge in [0.1, 0.15) is 0 Å². The van der Waals surface area contributed by atoms with E-state index in [9.17, 15) is 14.9 Å². The minimum atomic E-state index is -0.456. The smallest absolute Gasteiger partial charge is 0.269 e. The van der Waals surface area contributed by atoms with E-state index < -0.39 is 4.92 Å². The van der Waals surface area contributed by atoms with E-state index >= 15 is 0 Å². The highest BCUT2D eigenvalue weighted by Crippen LogP contribution is 2.26. The van der Waals surface area contributed by atoms with Crippen LogP contribution < -0.4 is 0 Å². The molecular formula is C21H20ClN5O4. The molecule has 1 amide bonds. The van der Waals surface area contributed by atoms with Crippen molar-refractivity contribution in [3.05, 3.63) is 75.1 Å². The first kappa shape index (κ1) is 21.0. The van der Waals surface area contributed by atoms with E-state index in [0.717, 1.165) is 0 Å². The van der Waals surface area contributed by atoms with Crippen molar-refractivity contribution in [2.24, 2.45) is 0 Å². The summed E-state index contributed by atoms with van der Waals surface area (Å²) in [7, 11) is 0. The molecule has 0 aliphatic carbocycles. The van der Waals surface area contributed by atoms with Gasteiger partial charge in [0.15, 0.2) is 0 Å². The molecule has 0 saturated carbocycles. The average molecular weight is 442 g/mol. The van der Waals surface area contributed by atoms with Gasteiger partial charge < -0.3 is 9.32 Å². The maximum Gasteiger partial charge on any atom is 0.269 e. The van der Waals surface area contributed by atoms with Gasteiger partial charge in [-0.3, -0.25) is 19.8 Å². The van der Waals surface area contributed by atoms with Gasteiger partial charge in [0.2, 0.25) is 11.8 Å². The number of nitrogens with zero attached hydrogens (tertiary/aromatic N) is 5. The van der Waals surface area contributed by atoms with Crippen molar-refractivity contribution >= 4 is 23.2 Å². The SMILES string of the molecule is CC(c1nnc(-c2ccc([N+](=O)[O-])cc2)o1)N1CCN(C(=O)c2ccc(Cl)cc2)CC1. The molecule has 1 unspecified atom stereocenters. The van der Waals surface area contributed by atoms with Crippen molar-refractivity contribution in [1.29, 1.82) is 0 Å². The molecule has 1 aromatic heterocycles. The summed E-state index contributed by atoms with van der Waals surface area (Å²) < 4.78 is 5.81.